The molecule has 2 aliphatic heterocycles. The number of carbonyl (C=O) groups is 3. The first-order chi connectivity index (χ1) is 12.5. The zero-order chi connectivity index (χ0) is 18.5. The van der Waals surface area contributed by atoms with Crippen LogP contribution in [0, 0.1) is 5.92 Å². The second kappa shape index (κ2) is 8.33. The number of nitrogens with one attached hydrogen (secondary N) is 1. The highest BCUT2D eigenvalue weighted by Crippen LogP contribution is 2.20. The van der Waals surface area contributed by atoms with Gasteiger partial charge in [-0.1, -0.05) is 0 Å². The molecule has 0 spiro atoms. The van der Waals surface area contributed by atoms with Crippen molar-refractivity contribution >= 4 is 17.7 Å². The van der Waals surface area contributed by atoms with Gasteiger partial charge in [0.2, 0.25) is 17.7 Å². The van der Waals surface area contributed by atoms with Crippen molar-refractivity contribution in [1.82, 2.24) is 24.7 Å². The van der Waals surface area contributed by atoms with Crippen LogP contribution in [0.2, 0.25) is 0 Å². The number of aromatic amines is 1. The van der Waals surface area contributed by atoms with Gasteiger partial charge in [-0.15, -0.1) is 0 Å². The summed E-state index contributed by atoms with van der Waals surface area (Å²) in [5.74, 6) is 0.952. The van der Waals surface area contributed by atoms with Crippen molar-refractivity contribution < 1.29 is 14.4 Å². The van der Waals surface area contributed by atoms with Crippen molar-refractivity contribution in [3.63, 3.8) is 0 Å². The van der Waals surface area contributed by atoms with E-state index in [1.165, 1.54) is 0 Å². The van der Waals surface area contributed by atoms with Crippen LogP contribution in [0.4, 0.5) is 0 Å². The number of H-pyrrole nitrogens is 1. The molecule has 2 saturated heterocycles. The topological polar surface area (TPSA) is 89.6 Å². The summed E-state index contributed by atoms with van der Waals surface area (Å²) in [6, 6.07) is 0. The summed E-state index contributed by atoms with van der Waals surface area (Å²) in [6.07, 6.45) is 6.75. The number of carbonyl (C=O) groups excluding carboxylic acids is 3. The molecule has 1 N–H and O–H groups in total. The molecule has 0 saturated carbocycles. The monoisotopic (exact) mass is 361 g/mol. The summed E-state index contributed by atoms with van der Waals surface area (Å²) in [4.78, 5) is 49.0. The Morgan fingerprint density at radius 1 is 1.27 bits per heavy atom. The molecule has 1 atom stereocenters. The van der Waals surface area contributed by atoms with E-state index >= 15 is 0 Å². The third-order valence-corrected chi connectivity index (χ3v) is 5.19. The lowest BCUT2D eigenvalue weighted by Gasteiger charge is -2.34. The minimum Gasteiger partial charge on any atom is -0.347 e. The molecule has 1 aromatic rings. The van der Waals surface area contributed by atoms with Gasteiger partial charge in [-0.05, 0) is 19.3 Å². The summed E-state index contributed by atoms with van der Waals surface area (Å²) in [5.41, 5.74) is 0. The van der Waals surface area contributed by atoms with Gasteiger partial charge in [0.05, 0.1) is 12.5 Å². The van der Waals surface area contributed by atoms with Crippen LogP contribution >= 0.6 is 0 Å². The Kier molecular flexibility index (Phi) is 5.90. The Bertz CT molecular complexity index is 645. The van der Waals surface area contributed by atoms with Crippen LogP contribution in [0.15, 0.2) is 12.4 Å². The average molecular weight is 361 g/mol. The zero-order valence-electron chi connectivity index (χ0n) is 15.3. The van der Waals surface area contributed by atoms with Gasteiger partial charge < -0.3 is 19.7 Å². The van der Waals surface area contributed by atoms with E-state index in [-0.39, 0.29) is 23.6 Å². The standard InChI is InChI=1S/C18H27N5O3/c1-21(13-15-19-7-8-20-15)18(26)14-5-6-17(25)23(12-14)11-3-10-22-9-2-4-16(22)24/h7-8,14H,2-6,9-13H2,1H3,(H,19,20)/t14-/m0/s1. The lowest BCUT2D eigenvalue weighted by molar-refractivity contribution is -0.142. The summed E-state index contributed by atoms with van der Waals surface area (Å²) < 4.78 is 0. The van der Waals surface area contributed by atoms with Gasteiger partial charge in [0.15, 0.2) is 0 Å². The lowest BCUT2D eigenvalue weighted by atomic mass is 9.96. The quantitative estimate of drug-likeness (QED) is 0.771. The van der Waals surface area contributed by atoms with E-state index in [9.17, 15) is 14.4 Å². The van der Waals surface area contributed by atoms with E-state index in [1.54, 1.807) is 29.2 Å². The molecule has 142 valence electrons. The van der Waals surface area contributed by atoms with E-state index in [1.807, 2.05) is 4.90 Å². The number of imidazole rings is 1. The molecular weight excluding hydrogens is 334 g/mol. The second-order valence-corrected chi connectivity index (χ2v) is 7.14. The maximum absolute atomic E-state index is 12.7. The van der Waals surface area contributed by atoms with Gasteiger partial charge in [0, 0.05) is 58.5 Å². The molecule has 3 amide bonds. The van der Waals surface area contributed by atoms with Crippen LogP contribution in [0.1, 0.15) is 37.9 Å². The average Bonchev–Trinajstić information content (AvgIpc) is 3.28. The highest BCUT2D eigenvalue weighted by molar-refractivity contribution is 5.83. The first kappa shape index (κ1) is 18.4. The van der Waals surface area contributed by atoms with Gasteiger partial charge in [-0.2, -0.15) is 0 Å². The predicted molar refractivity (Wildman–Crippen MR) is 94.8 cm³/mol. The number of nitrogens with zero attached hydrogens (tertiary/aromatic N) is 4. The van der Waals surface area contributed by atoms with Gasteiger partial charge in [0.25, 0.3) is 0 Å². The molecule has 0 unspecified atom stereocenters. The van der Waals surface area contributed by atoms with Crippen molar-refractivity contribution in [2.75, 3.05) is 33.2 Å². The van der Waals surface area contributed by atoms with E-state index in [2.05, 4.69) is 9.97 Å². The van der Waals surface area contributed by atoms with Gasteiger partial charge in [0.1, 0.15) is 5.82 Å². The highest BCUT2D eigenvalue weighted by Gasteiger charge is 2.32. The summed E-state index contributed by atoms with van der Waals surface area (Å²) in [5, 5.41) is 0. The van der Waals surface area contributed by atoms with Crippen molar-refractivity contribution in [2.24, 2.45) is 5.92 Å². The Morgan fingerprint density at radius 3 is 2.73 bits per heavy atom. The molecular formula is C18H27N5O3. The van der Waals surface area contributed by atoms with Crippen molar-refractivity contribution in [2.45, 2.75) is 38.6 Å². The minimum absolute atomic E-state index is 0.0496. The van der Waals surface area contributed by atoms with Crippen LogP contribution in [0.25, 0.3) is 0 Å². The third-order valence-electron chi connectivity index (χ3n) is 5.19. The number of hydrogen-bond acceptors (Lipinski definition) is 4. The Hall–Kier alpha value is -2.38. The molecule has 0 radical (unpaired) electrons. The Balaban J connectivity index is 1.47. The molecule has 2 aliphatic rings. The first-order valence-electron chi connectivity index (χ1n) is 9.33. The number of likely N-dealkylation sites (tertiary alicyclic amines) is 2. The number of aromatic nitrogens is 2. The molecule has 8 heteroatoms. The van der Waals surface area contributed by atoms with Crippen LogP contribution in [0.3, 0.4) is 0 Å². The largest absolute Gasteiger partial charge is 0.347 e. The maximum atomic E-state index is 12.7. The second-order valence-electron chi connectivity index (χ2n) is 7.14. The third kappa shape index (κ3) is 4.42. The molecule has 3 heterocycles. The Labute approximate surface area is 153 Å². The van der Waals surface area contributed by atoms with Crippen molar-refractivity contribution in [3.8, 4) is 0 Å². The summed E-state index contributed by atoms with van der Waals surface area (Å²) >= 11 is 0. The fourth-order valence-corrected chi connectivity index (χ4v) is 3.72. The number of amides is 3. The van der Waals surface area contributed by atoms with Gasteiger partial charge >= 0.3 is 0 Å². The predicted octanol–water partition coefficient (Wildman–Crippen LogP) is 0.619. The molecule has 0 bridgehead atoms. The number of piperidine rings is 1. The van der Waals surface area contributed by atoms with Crippen LogP contribution in [-0.2, 0) is 20.9 Å². The first-order valence-corrected chi connectivity index (χ1v) is 9.33. The number of rotatable bonds is 7. The zero-order valence-corrected chi connectivity index (χ0v) is 15.3. The molecule has 3 rings (SSSR count). The van der Waals surface area contributed by atoms with Crippen LogP contribution in [0.5, 0.6) is 0 Å². The minimum atomic E-state index is -0.166. The van der Waals surface area contributed by atoms with Crippen molar-refractivity contribution in [1.29, 1.82) is 0 Å². The van der Waals surface area contributed by atoms with E-state index in [0.29, 0.717) is 45.4 Å². The van der Waals surface area contributed by atoms with E-state index < -0.39 is 0 Å². The fourth-order valence-electron chi connectivity index (χ4n) is 3.72. The van der Waals surface area contributed by atoms with E-state index in [4.69, 9.17) is 0 Å². The summed E-state index contributed by atoms with van der Waals surface area (Å²) in [6.45, 7) is 3.03. The lowest BCUT2D eigenvalue weighted by Crippen LogP contribution is -2.46. The summed E-state index contributed by atoms with van der Waals surface area (Å²) in [7, 11) is 1.77. The van der Waals surface area contributed by atoms with Gasteiger partial charge in [-0.25, -0.2) is 4.98 Å². The molecule has 8 nitrogen and oxygen atoms in total. The normalized spacial score (nSPS) is 20.7. The molecule has 0 aromatic carbocycles. The van der Waals surface area contributed by atoms with E-state index in [0.717, 1.165) is 25.2 Å². The van der Waals surface area contributed by atoms with Crippen molar-refractivity contribution in [3.05, 3.63) is 18.2 Å². The fraction of sp³-hybridized carbons (Fsp3) is 0.667. The molecule has 26 heavy (non-hydrogen) atoms. The molecule has 2 fully saturated rings. The smallest absolute Gasteiger partial charge is 0.227 e. The maximum Gasteiger partial charge on any atom is 0.227 e. The molecule has 1 aromatic heterocycles. The van der Waals surface area contributed by atoms with Crippen LogP contribution in [-0.4, -0.2) is 75.6 Å². The van der Waals surface area contributed by atoms with Gasteiger partial charge in [-0.3, -0.25) is 14.4 Å². The highest BCUT2D eigenvalue weighted by atomic mass is 16.2. The Morgan fingerprint density at radius 2 is 2.04 bits per heavy atom. The molecule has 0 aliphatic carbocycles. The van der Waals surface area contributed by atoms with Crippen LogP contribution < -0.4 is 0 Å². The SMILES string of the molecule is CN(Cc1ncc[nH]1)C(=O)[C@H]1CCC(=O)N(CCCN2CCCC2=O)C1. The number of hydrogen-bond donors (Lipinski definition) is 1.